The zero-order chi connectivity index (χ0) is 14.4. The standard InChI is InChI=1S/C16H22N4O/c17-9-12-8-11-2-1-3-14(11)18-16(12)19-6-7-20-13(10-19)4-5-15(20)21/h8,13H,1-7,9-10,17H2. The number of fused-ring (bicyclic) bond motifs is 2. The monoisotopic (exact) mass is 286 g/mol. The fourth-order valence-corrected chi connectivity index (χ4v) is 3.99. The molecule has 1 aromatic heterocycles. The first kappa shape index (κ1) is 13.1. The Morgan fingerprint density at radius 2 is 2.19 bits per heavy atom. The van der Waals surface area contributed by atoms with E-state index in [0.29, 0.717) is 24.9 Å². The molecule has 1 atom stereocenters. The van der Waals surface area contributed by atoms with E-state index in [0.717, 1.165) is 50.3 Å². The number of hydrogen-bond acceptors (Lipinski definition) is 4. The fourth-order valence-electron chi connectivity index (χ4n) is 3.99. The molecule has 1 unspecified atom stereocenters. The number of nitrogens with zero attached hydrogens (tertiary/aromatic N) is 3. The van der Waals surface area contributed by atoms with Crippen molar-refractivity contribution in [1.82, 2.24) is 9.88 Å². The first-order chi connectivity index (χ1) is 10.3. The van der Waals surface area contributed by atoms with Crippen LogP contribution < -0.4 is 10.6 Å². The maximum atomic E-state index is 11.8. The molecule has 112 valence electrons. The Morgan fingerprint density at radius 1 is 1.29 bits per heavy atom. The van der Waals surface area contributed by atoms with Crippen molar-refractivity contribution in [3.63, 3.8) is 0 Å². The quantitative estimate of drug-likeness (QED) is 0.875. The second kappa shape index (κ2) is 4.98. The average molecular weight is 286 g/mol. The van der Waals surface area contributed by atoms with Crippen molar-refractivity contribution < 1.29 is 4.79 Å². The third-order valence-corrected chi connectivity index (χ3v) is 5.12. The van der Waals surface area contributed by atoms with Gasteiger partial charge in [-0.15, -0.1) is 0 Å². The van der Waals surface area contributed by atoms with Gasteiger partial charge in [0.2, 0.25) is 5.91 Å². The van der Waals surface area contributed by atoms with E-state index in [-0.39, 0.29) is 0 Å². The fraction of sp³-hybridized carbons (Fsp3) is 0.625. The van der Waals surface area contributed by atoms with Crippen LogP contribution in [0, 0.1) is 0 Å². The predicted octanol–water partition coefficient (Wildman–Crippen LogP) is 0.840. The molecule has 1 aromatic rings. The molecule has 4 rings (SSSR count). The van der Waals surface area contributed by atoms with Crippen LogP contribution >= 0.6 is 0 Å². The second-order valence-corrected chi connectivity index (χ2v) is 6.36. The molecular weight excluding hydrogens is 264 g/mol. The minimum Gasteiger partial charge on any atom is -0.353 e. The molecule has 21 heavy (non-hydrogen) atoms. The van der Waals surface area contributed by atoms with Crippen LogP contribution in [0.15, 0.2) is 6.07 Å². The van der Waals surface area contributed by atoms with Gasteiger partial charge in [0.05, 0.1) is 0 Å². The summed E-state index contributed by atoms with van der Waals surface area (Å²) in [6.45, 7) is 3.15. The Labute approximate surface area is 125 Å². The molecule has 3 heterocycles. The van der Waals surface area contributed by atoms with E-state index in [1.807, 2.05) is 4.90 Å². The van der Waals surface area contributed by atoms with Crippen LogP contribution in [-0.4, -0.2) is 41.5 Å². The van der Waals surface area contributed by atoms with Gasteiger partial charge in [-0.3, -0.25) is 4.79 Å². The molecule has 0 radical (unpaired) electrons. The number of hydrogen-bond donors (Lipinski definition) is 1. The highest BCUT2D eigenvalue weighted by Crippen LogP contribution is 2.30. The van der Waals surface area contributed by atoms with E-state index >= 15 is 0 Å². The van der Waals surface area contributed by atoms with Gasteiger partial charge >= 0.3 is 0 Å². The van der Waals surface area contributed by atoms with Crippen LogP contribution in [0.5, 0.6) is 0 Å². The Morgan fingerprint density at radius 3 is 3.05 bits per heavy atom. The van der Waals surface area contributed by atoms with E-state index < -0.39 is 0 Å². The maximum Gasteiger partial charge on any atom is 0.223 e. The highest BCUT2D eigenvalue weighted by Gasteiger charge is 2.36. The SMILES string of the molecule is NCc1cc2c(nc1N1CCN3C(=O)CCC3C1)CCC2. The zero-order valence-corrected chi connectivity index (χ0v) is 12.3. The number of amides is 1. The van der Waals surface area contributed by atoms with Gasteiger partial charge in [0.15, 0.2) is 0 Å². The number of pyridine rings is 1. The van der Waals surface area contributed by atoms with Gasteiger partial charge in [-0.25, -0.2) is 4.98 Å². The molecule has 1 amide bonds. The van der Waals surface area contributed by atoms with Gasteiger partial charge in [-0.2, -0.15) is 0 Å². The highest BCUT2D eigenvalue weighted by molar-refractivity contribution is 5.79. The van der Waals surface area contributed by atoms with E-state index in [9.17, 15) is 4.79 Å². The van der Waals surface area contributed by atoms with Crippen molar-refractivity contribution in [2.45, 2.75) is 44.7 Å². The van der Waals surface area contributed by atoms with Crippen molar-refractivity contribution in [2.75, 3.05) is 24.5 Å². The number of carbonyl (C=O) groups excluding carboxylic acids is 1. The summed E-state index contributed by atoms with van der Waals surface area (Å²) in [5.74, 6) is 1.39. The number of carbonyl (C=O) groups is 1. The average Bonchev–Trinajstić information content (AvgIpc) is 3.12. The van der Waals surface area contributed by atoms with Gasteiger partial charge in [0, 0.05) is 49.9 Å². The van der Waals surface area contributed by atoms with Crippen LogP contribution in [0.3, 0.4) is 0 Å². The molecule has 2 aliphatic heterocycles. The molecule has 2 N–H and O–H groups in total. The number of nitrogens with two attached hydrogens (primary N) is 1. The largest absolute Gasteiger partial charge is 0.353 e. The van der Waals surface area contributed by atoms with Gasteiger partial charge in [-0.1, -0.05) is 0 Å². The van der Waals surface area contributed by atoms with Crippen LogP contribution in [-0.2, 0) is 24.2 Å². The van der Waals surface area contributed by atoms with Crippen LogP contribution in [0.2, 0.25) is 0 Å². The number of anilines is 1. The number of aromatic nitrogens is 1. The van der Waals surface area contributed by atoms with Crippen LogP contribution in [0.4, 0.5) is 5.82 Å². The molecular formula is C16H22N4O. The normalized spacial score (nSPS) is 24.4. The lowest BCUT2D eigenvalue weighted by atomic mass is 10.1. The molecule has 2 saturated heterocycles. The summed E-state index contributed by atoms with van der Waals surface area (Å²) in [4.78, 5) is 21.1. The minimum absolute atomic E-state index is 0.320. The summed E-state index contributed by atoms with van der Waals surface area (Å²) in [6, 6.07) is 2.63. The summed E-state index contributed by atoms with van der Waals surface area (Å²) < 4.78 is 0. The summed E-state index contributed by atoms with van der Waals surface area (Å²) in [5, 5.41) is 0. The number of rotatable bonds is 2. The van der Waals surface area contributed by atoms with Crippen molar-refractivity contribution in [3.8, 4) is 0 Å². The van der Waals surface area contributed by atoms with Crippen molar-refractivity contribution in [3.05, 3.63) is 22.9 Å². The Balaban J connectivity index is 1.63. The highest BCUT2D eigenvalue weighted by atomic mass is 16.2. The Hall–Kier alpha value is -1.62. The summed E-state index contributed by atoms with van der Waals surface area (Å²) in [6.07, 6.45) is 5.13. The van der Waals surface area contributed by atoms with Gasteiger partial charge in [-0.05, 0) is 37.3 Å². The predicted molar refractivity (Wildman–Crippen MR) is 81.1 cm³/mol. The van der Waals surface area contributed by atoms with Gasteiger partial charge in [0.1, 0.15) is 5.82 Å². The molecule has 5 heteroatoms. The molecule has 5 nitrogen and oxygen atoms in total. The number of aryl methyl sites for hydroxylation is 2. The van der Waals surface area contributed by atoms with Crippen LogP contribution in [0.25, 0.3) is 0 Å². The van der Waals surface area contributed by atoms with E-state index in [1.54, 1.807) is 0 Å². The van der Waals surface area contributed by atoms with Gasteiger partial charge < -0.3 is 15.5 Å². The lowest BCUT2D eigenvalue weighted by Crippen LogP contribution is -2.52. The lowest BCUT2D eigenvalue weighted by Gasteiger charge is -2.39. The van der Waals surface area contributed by atoms with E-state index in [2.05, 4.69) is 11.0 Å². The molecule has 1 aliphatic carbocycles. The molecule has 2 fully saturated rings. The molecule has 0 aromatic carbocycles. The first-order valence-electron chi connectivity index (χ1n) is 8.02. The van der Waals surface area contributed by atoms with Crippen molar-refractivity contribution in [2.24, 2.45) is 5.73 Å². The molecule has 3 aliphatic rings. The lowest BCUT2D eigenvalue weighted by molar-refractivity contribution is -0.129. The van der Waals surface area contributed by atoms with Crippen molar-refractivity contribution >= 4 is 11.7 Å². The molecule has 0 bridgehead atoms. The van der Waals surface area contributed by atoms with E-state index in [4.69, 9.17) is 10.7 Å². The zero-order valence-electron chi connectivity index (χ0n) is 12.3. The minimum atomic E-state index is 0.320. The number of piperazine rings is 1. The Bertz CT molecular complexity index is 586. The van der Waals surface area contributed by atoms with Crippen LogP contribution in [0.1, 0.15) is 36.1 Å². The Kier molecular flexibility index (Phi) is 3.10. The smallest absolute Gasteiger partial charge is 0.223 e. The summed E-state index contributed by atoms with van der Waals surface area (Å²) >= 11 is 0. The first-order valence-corrected chi connectivity index (χ1v) is 8.02. The second-order valence-electron chi connectivity index (χ2n) is 6.36. The summed E-state index contributed by atoms with van der Waals surface area (Å²) in [5.41, 5.74) is 9.75. The maximum absolute atomic E-state index is 11.8. The topological polar surface area (TPSA) is 62.5 Å². The molecule has 0 spiro atoms. The molecule has 0 saturated carbocycles. The summed E-state index contributed by atoms with van der Waals surface area (Å²) in [7, 11) is 0. The van der Waals surface area contributed by atoms with E-state index in [1.165, 1.54) is 17.7 Å². The van der Waals surface area contributed by atoms with Crippen molar-refractivity contribution in [1.29, 1.82) is 0 Å². The third-order valence-electron chi connectivity index (χ3n) is 5.12. The van der Waals surface area contributed by atoms with Gasteiger partial charge in [0.25, 0.3) is 0 Å². The third kappa shape index (κ3) is 2.11.